The SMILES string of the molecule is COC(=O)c1ccoc1Cn1cc(Cn2ccnc2)c2ccccc21. The number of imidazole rings is 1. The second-order valence-corrected chi connectivity index (χ2v) is 5.78. The third-order valence-corrected chi connectivity index (χ3v) is 4.25. The number of nitrogens with zero attached hydrogens (tertiary/aromatic N) is 3. The van der Waals surface area contributed by atoms with Gasteiger partial charge in [0.25, 0.3) is 0 Å². The van der Waals surface area contributed by atoms with E-state index >= 15 is 0 Å². The van der Waals surface area contributed by atoms with E-state index in [1.54, 1.807) is 18.6 Å². The molecule has 0 radical (unpaired) electrons. The Bertz CT molecular complexity index is 1010. The molecule has 0 unspecified atom stereocenters. The summed E-state index contributed by atoms with van der Waals surface area (Å²) in [6.45, 7) is 1.19. The minimum absolute atomic E-state index is 0.390. The van der Waals surface area contributed by atoms with Gasteiger partial charge in [-0.15, -0.1) is 0 Å². The fourth-order valence-corrected chi connectivity index (χ4v) is 3.07. The van der Waals surface area contributed by atoms with Gasteiger partial charge in [0.15, 0.2) is 0 Å². The molecule has 3 heterocycles. The summed E-state index contributed by atoms with van der Waals surface area (Å²) in [5.41, 5.74) is 2.72. The van der Waals surface area contributed by atoms with Crippen LogP contribution in [0.2, 0.25) is 0 Å². The zero-order valence-electron chi connectivity index (χ0n) is 13.8. The van der Waals surface area contributed by atoms with Gasteiger partial charge in [0.2, 0.25) is 0 Å². The predicted molar refractivity (Wildman–Crippen MR) is 92.4 cm³/mol. The molecule has 0 aliphatic rings. The molecule has 0 saturated heterocycles. The zero-order valence-corrected chi connectivity index (χ0v) is 13.8. The second-order valence-electron chi connectivity index (χ2n) is 5.78. The first-order valence-electron chi connectivity index (χ1n) is 7.93. The first kappa shape index (κ1) is 15.3. The molecule has 0 atom stereocenters. The van der Waals surface area contributed by atoms with Crippen LogP contribution in [0.15, 0.2) is 65.9 Å². The number of para-hydroxylation sites is 1. The highest BCUT2D eigenvalue weighted by atomic mass is 16.5. The lowest BCUT2D eigenvalue weighted by atomic mass is 10.2. The van der Waals surface area contributed by atoms with Crippen LogP contribution in [-0.2, 0) is 17.8 Å². The summed E-state index contributed by atoms with van der Waals surface area (Å²) in [7, 11) is 1.37. The number of hydrogen-bond acceptors (Lipinski definition) is 4. The number of esters is 1. The minimum Gasteiger partial charge on any atom is -0.467 e. The Morgan fingerprint density at radius 2 is 2.12 bits per heavy atom. The van der Waals surface area contributed by atoms with E-state index in [1.807, 2.05) is 22.9 Å². The number of hydrogen-bond donors (Lipinski definition) is 0. The lowest BCUT2D eigenvalue weighted by Crippen LogP contribution is -2.06. The predicted octanol–water partition coefficient (Wildman–Crippen LogP) is 3.31. The Balaban J connectivity index is 1.73. The Morgan fingerprint density at radius 3 is 2.92 bits per heavy atom. The number of fused-ring (bicyclic) bond motifs is 1. The summed E-state index contributed by atoms with van der Waals surface area (Å²) >= 11 is 0. The van der Waals surface area contributed by atoms with Crippen molar-refractivity contribution in [1.29, 1.82) is 0 Å². The van der Waals surface area contributed by atoms with Gasteiger partial charge in [0.1, 0.15) is 11.3 Å². The van der Waals surface area contributed by atoms with Gasteiger partial charge in [-0.05, 0) is 17.7 Å². The molecule has 0 spiro atoms. The zero-order chi connectivity index (χ0) is 17.2. The molecule has 0 aliphatic carbocycles. The summed E-state index contributed by atoms with van der Waals surface area (Å²) in [5, 5.41) is 1.17. The molecule has 3 aromatic heterocycles. The highest BCUT2D eigenvalue weighted by Gasteiger charge is 2.17. The van der Waals surface area contributed by atoms with Crippen LogP contribution in [0, 0.1) is 0 Å². The summed E-state index contributed by atoms with van der Waals surface area (Å²) in [6.07, 6.45) is 9.11. The molecule has 0 fully saturated rings. The van der Waals surface area contributed by atoms with Gasteiger partial charge in [-0.1, -0.05) is 18.2 Å². The van der Waals surface area contributed by atoms with E-state index in [0.29, 0.717) is 17.9 Å². The van der Waals surface area contributed by atoms with Gasteiger partial charge >= 0.3 is 5.97 Å². The van der Waals surface area contributed by atoms with Crippen LogP contribution >= 0.6 is 0 Å². The molecule has 1 aromatic carbocycles. The molecule has 6 heteroatoms. The van der Waals surface area contributed by atoms with Gasteiger partial charge in [0.05, 0.1) is 32.8 Å². The molecule has 25 heavy (non-hydrogen) atoms. The highest BCUT2D eigenvalue weighted by Crippen LogP contribution is 2.24. The van der Waals surface area contributed by atoms with Gasteiger partial charge < -0.3 is 18.3 Å². The number of furan rings is 1. The maximum atomic E-state index is 11.9. The molecular formula is C19H17N3O3. The van der Waals surface area contributed by atoms with E-state index in [-0.39, 0.29) is 5.97 Å². The number of benzene rings is 1. The standard InChI is InChI=1S/C19H17N3O3/c1-24-19(23)16-6-9-25-18(16)12-22-11-14(10-21-8-7-20-13-21)15-4-2-3-5-17(15)22/h2-9,11,13H,10,12H2,1H3. The van der Waals surface area contributed by atoms with Crippen molar-refractivity contribution in [3.63, 3.8) is 0 Å². The van der Waals surface area contributed by atoms with Crippen molar-refractivity contribution in [2.75, 3.05) is 7.11 Å². The van der Waals surface area contributed by atoms with E-state index in [0.717, 1.165) is 12.1 Å². The van der Waals surface area contributed by atoms with Crippen molar-refractivity contribution in [3.8, 4) is 0 Å². The number of aromatic nitrogens is 3. The Labute approximate surface area is 144 Å². The number of carbonyl (C=O) groups excluding carboxylic acids is 1. The van der Waals surface area contributed by atoms with Crippen LogP contribution in [0.5, 0.6) is 0 Å². The molecule has 0 amide bonds. The molecule has 126 valence electrons. The van der Waals surface area contributed by atoms with Crippen molar-refractivity contribution < 1.29 is 13.9 Å². The largest absolute Gasteiger partial charge is 0.467 e. The third-order valence-electron chi connectivity index (χ3n) is 4.25. The summed E-state index contributed by atoms with van der Waals surface area (Å²) in [5.74, 6) is 0.195. The van der Waals surface area contributed by atoms with Crippen molar-refractivity contribution in [2.45, 2.75) is 13.1 Å². The smallest absolute Gasteiger partial charge is 0.341 e. The van der Waals surface area contributed by atoms with Crippen molar-refractivity contribution in [2.24, 2.45) is 0 Å². The fraction of sp³-hybridized carbons (Fsp3) is 0.158. The van der Waals surface area contributed by atoms with E-state index in [2.05, 4.69) is 27.9 Å². The lowest BCUT2D eigenvalue weighted by Gasteiger charge is -2.05. The van der Waals surface area contributed by atoms with Crippen LogP contribution in [-0.4, -0.2) is 27.2 Å². The second kappa shape index (κ2) is 6.32. The van der Waals surface area contributed by atoms with Crippen molar-refractivity contribution in [1.82, 2.24) is 14.1 Å². The first-order chi connectivity index (χ1) is 12.3. The fourth-order valence-electron chi connectivity index (χ4n) is 3.07. The quantitative estimate of drug-likeness (QED) is 0.525. The summed E-state index contributed by atoms with van der Waals surface area (Å²) in [6, 6.07) is 9.83. The normalized spacial score (nSPS) is 11.1. The average molecular weight is 335 g/mol. The van der Waals surface area contributed by atoms with E-state index < -0.39 is 0 Å². The number of carbonyl (C=O) groups is 1. The van der Waals surface area contributed by atoms with Crippen LogP contribution in [0.25, 0.3) is 10.9 Å². The summed E-state index contributed by atoms with van der Waals surface area (Å²) < 4.78 is 14.5. The van der Waals surface area contributed by atoms with Crippen LogP contribution in [0.3, 0.4) is 0 Å². The summed E-state index contributed by atoms with van der Waals surface area (Å²) in [4.78, 5) is 16.0. The molecule has 0 aliphatic heterocycles. The van der Waals surface area contributed by atoms with Crippen LogP contribution in [0.1, 0.15) is 21.7 Å². The van der Waals surface area contributed by atoms with E-state index in [4.69, 9.17) is 9.15 Å². The minimum atomic E-state index is -0.390. The van der Waals surface area contributed by atoms with Crippen molar-refractivity contribution in [3.05, 3.63) is 78.4 Å². The van der Waals surface area contributed by atoms with Crippen molar-refractivity contribution >= 4 is 16.9 Å². The van der Waals surface area contributed by atoms with E-state index in [1.165, 1.54) is 24.3 Å². The molecule has 0 N–H and O–H groups in total. The Hall–Kier alpha value is -3.28. The maximum absolute atomic E-state index is 11.9. The van der Waals surface area contributed by atoms with Gasteiger partial charge in [-0.25, -0.2) is 9.78 Å². The Kier molecular flexibility index (Phi) is 3.85. The Morgan fingerprint density at radius 1 is 1.24 bits per heavy atom. The molecule has 4 rings (SSSR count). The molecular weight excluding hydrogens is 318 g/mol. The van der Waals surface area contributed by atoms with Crippen LogP contribution < -0.4 is 0 Å². The number of rotatable bonds is 5. The molecule has 0 saturated carbocycles. The number of ether oxygens (including phenoxy) is 1. The van der Waals surface area contributed by atoms with E-state index in [9.17, 15) is 4.79 Å². The average Bonchev–Trinajstić information content (AvgIpc) is 3.37. The topological polar surface area (TPSA) is 62.2 Å². The lowest BCUT2D eigenvalue weighted by molar-refractivity contribution is 0.0598. The van der Waals surface area contributed by atoms with Gasteiger partial charge in [0, 0.05) is 29.5 Å². The molecule has 4 aromatic rings. The number of methoxy groups -OCH3 is 1. The highest BCUT2D eigenvalue weighted by molar-refractivity contribution is 5.90. The van der Waals surface area contributed by atoms with Crippen LogP contribution in [0.4, 0.5) is 0 Å². The maximum Gasteiger partial charge on any atom is 0.341 e. The monoisotopic (exact) mass is 335 g/mol. The molecule has 0 bridgehead atoms. The first-order valence-corrected chi connectivity index (χ1v) is 7.93. The van der Waals surface area contributed by atoms with Gasteiger partial charge in [-0.2, -0.15) is 0 Å². The third kappa shape index (κ3) is 2.82. The van der Waals surface area contributed by atoms with Gasteiger partial charge in [-0.3, -0.25) is 0 Å². The molecule has 6 nitrogen and oxygen atoms in total.